The van der Waals surface area contributed by atoms with Crippen LogP contribution in [0.2, 0.25) is 0 Å². The zero-order valence-corrected chi connectivity index (χ0v) is 16.9. The number of carbonyl (C=O) groups is 1. The molecule has 2 aliphatic rings. The number of sulfonamides is 1. The van der Waals surface area contributed by atoms with Crippen LogP contribution in [0.1, 0.15) is 25.7 Å². The van der Waals surface area contributed by atoms with E-state index in [2.05, 4.69) is 9.82 Å². The molecule has 0 unspecified atom stereocenters. The molecule has 1 aliphatic carbocycles. The van der Waals surface area contributed by atoms with Crippen LogP contribution in [0.4, 0.5) is 19.0 Å². The minimum atomic E-state index is -5.34. The molecule has 2 fully saturated rings. The van der Waals surface area contributed by atoms with Crippen LogP contribution in [0, 0.1) is 0 Å². The SMILES string of the molecule is N[C@H]1CC[C@H](N(OC(=O)C(F)(F)F)S(=O)(=O)c2ccc(N3CCOCC3)nc2)CC1. The van der Waals surface area contributed by atoms with E-state index in [9.17, 15) is 26.4 Å². The van der Waals surface area contributed by atoms with Crippen molar-refractivity contribution in [3.8, 4) is 0 Å². The maximum Gasteiger partial charge on any atom is 0.492 e. The van der Waals surface area contributed by atoms with Gasteiger partial charge in [-0.3, -0.25) is 0 Å². The van der Waals surface area contributed by atoms with E-state index < -0.39 is 28.2 Å². The summed E-state index contributed by atoms with van der Waals surface area (Å²) >= 11 is 0. The van der Waals surface area contributed by atoms with Gasteiger partial charge in [0.1, 0.15) is 10.7 Å². The maximum atomic E-state index is 13.0. The number of nitrogens with two attached hydrogens (primary N) is 1. The van der Waals surface area contributed by atoms with Crippen molar-refractivity contribution in [3.63, 3.8) is 0 Å². The van der Waals surface area contributed by atoms with Crippen LogP contribution in [0.5, 0.6) is 0 Å². The van der Waals surface area contributed by atoms with Gasteiger partial charge in [0.15, 0.2) is 0 Å². The van der Waals surface area contributed by atoms with Gasteiger partial charge >= 0.3 is 12.1 Å². The molecule has 13 heteroatoms. The summed E-state index contributed by atoms with van der Waals surface area (Å²) in [6, 6.07) is 1.56. The van der Waals surface area contributed by atoms with Crippen LogP contribution >= 0.6 is 0 Å². The molecule has 0 amide bonds. The lowest BCUT2D eigenvalue weighted by Gasteiger charge is -2.33. The summed E-state index contributed by atoms with van der Waals surface area (Å²) < 4.78 is 69.7. The third kappa shape index (κ3) is 5.20. The van der Waals surface area contributed by atoms with E-state index in [0.29, 0.717) is 45.0 Å². The van der Waals surface area contributed by atoms with Gasteiger partial charge in [-0.15, -0.1) is 0 Å². The van der Waals surface area contributed by atoms with Gasteiger partial charge in [-0.25, -0.2) is 18.2 Å². The fourth-order valence-corrected chi connectivity index (χ4v) is 4.78. The fraction of sp³-hybridized carbons (Fsp3) is 0.647. The minimum Gasteiger partial charge on any atom is -0.378 e. The van der Waals surface area contributed by atoms with Gasteiger partial charge in [-0.05, 0) is 42.3 Å². The second kappa shape index (κ2) is 9.04. The summed E-state index contributed by atoms with van der Waals surface area (Å²) in [4.78, 5) is 21.4. The predicted octanol–water partition coefficient (Wildman–Crippen LogP) is 1.20. The zero-order chi connectivity index (χ0) is 21.9. The average molecular weight is 452 g/mol. The summed E-state index contributed by atoms with van der Waals surface area (Å²) in [5.41, 5.74) is 5.80. The Labute approximate surface area is 171 Å². The van der Waals surface area contributed by atoms with Crippen molar-refractivity contribution in [2.75, 3.05) is 31.2 Å². The van der Waals surface area contributed by atoms with Gasteiger partial charge in [0, 0.05) is 25.3 Å². The molecular formula is C17H23F3N4O5S. The lowest BCUT2D eigenvalue weighted by molar-refractivity contribution is -0.228. The molecule has 0 spiro atoms. The molecule has 1 aliphatic heterocycles. The van der Waals surface area contributed by atoms with Crippen LogP contribution in [0.25, 0.3) is 0 Å². The quantitative estimate of drug-likeness (QED) is 0.663. The van der Waals surface area contributed by atoms with Gasteiger partial charge in [0.05, 0.1) is 19.3 Å². The Balaban J connectivity index is 1.85. The van der Waals surface area contributed by atoms with Crippen molar-refractivity contribution in [1.82, 2.24) is 9.45 Å². The number of rotatable bonds is 5. The normalized spacial score (nSPS) is 23.4. The Hall–Kier alpha value is -1.96. The van der Waals surface area contributed by atoms with Crippen molar-refractivity contribution in [1.29, 1.82) is 0 Å². The van der Waals surface area contributed by atoms with E-state index in [1.807, 2.05) is 4.90 Å². The number of hydrogen-bond acceptors (Lipinski definition) is 8. The largest absolute Gasteiger partial charge is 0.492 e. The lowest BCUT2D eigenvalue weighted by atomic mass is 9.92. The molecule has 1 saturated carbocycles. The average Bonchev–Trinajstić information content (AvgIpc) is 2.72. The minimum absolute atomic E-state index is 0.167. The molecule has 3 rings (SSSR count). The van der Waals surface area contributed by atoms with Crippen molar-refractivity contribution in [2.45, 2.75) is 48.8 Å². The molecule has 30 heavy (non-hydrogen) atoms. The summed E-state index contributed by atoms with van der Waals surface area (Å²) in [5, 5.41) is 0. The standard InChI is InChI=1S/C17H23F3N4O5S/c18-17(19,20)16(25)29-24(13-3-1-12(21)2-4-13)30(26,27)14-5-6-15(22-11-14)23-7-9-28-10-8-23/h5-6,11-13H,1-4,7-10,21H2/t12-,13-. The van der Waals surface area contributed by atoms with Crippen molar-refractivity contribution >= 4 is 21.8 Å². The number of carbonyl (C=O) groups excluding carboxylic acids is 1. The third-order valence-electron chi connectivity index (χ3n) is 5.03. The predicted molar refractivity (Wildman–Crippen MR) is 98.7 cm³/mol. The highest BCUT2D eigenvalue weighted by Crippen LogP contribution is 2.30. The molecular weight excluding hydrogens is 429 g/mol. The van der Waals surface area contributed by atoms with Crippen LogP contribution in [-0.4, -0.2) is 68.4 Å². The number of hydrogen-bond donors (Lipinski definition) is 1. The Morgan fingerprint density at radius 3 is 2.37 bits per heavy atom. The highest BCUT2D eigenvalue weighted by Gasteiger charge is 2.46. The Morgan fingerprint density at radius 1 is 1.20 bits per heavy atom. The number of morpholine rings is 1. The number of anilines is 1. The number of hydroxylamine groups is 1. The first-order valence-electron chi connectivity index (χ1n) is 9.47. The van der Waals surface area contributed by atoms with E-state index in [1.165, 1.54) is 12.1 Å². The number of nitrogens with zero attached hydrogens (tertiary/aromatic N) is 3. The van der Waals surface area contributed by atoms with Crippen LogP contribution in [0.3, 0.4) is 0 Å². The molecule has 1 aromatic heterocycles. The van der Waals surface area contributed by atoms with Gasteiger partial charge in [-0.2, -0.15) is 13.2 Å². The van der Waals surface area contributed by atoms with Gasteiger partial charge in [0.2, 0.25) is 0 Å². The van der Waals surface area contributed by atoms with Crippen LogP contribution in [-0.2, 0) is 24.4 Å². The summed E-state index contributed by atoms with van der Waals surface area (Å²) in [6.07, 6.45) is -3.15. The number of halogens is 3. The third-order valence-corrected chi connectivity index (χ3v) is 6.72. The number of alkyl halides is 3. The highest BCUT2D eigenvalue weighted by atomic mass is 32.2. The molecule has 9 nitrogen and oxygen atoms in total. The number of pyridine rings is 1. The summed E-state index contributed by atoms with van der Waals surface area (Å²) in [6.45, 7) is 2.17. The molecule has 2 N–H and O–H groups in total. The Kier molecular flexibility index (Phi) is 6.84. The molecule has 2 heterocycles. The maximum absolute atomic E-state index is 13.0. The summed E-state index contributed by atoms with van der Waals surface area (Å²) in [7, 11) is -4.58. The first kappa shape index (κ1) is 22.7. The first-order chi connectivity index (χ1) is 14.1. The topological polar surface area (TPSA) is 115 Å². The van der Waals surface area contributed by atoms with Gasteiger partial charge in [-0.1, -0.05) is 0 Å². The highest BCUT2D eigenvalue weighted by molar-refractivity contribution is 7.89. The monoisotopic (exact) mass is 452 g/mol. The second-order valence-electron chi connectivity index (χ2n) is 7.16. The molecule has 1 saturated heterocycles. The molecule has 168 valence electrons. The smallest absolute Gasteiger partial charge is 0.378 e. The van der Waals surface area contributed by atoms with E-state index in [0.717, 1.165) is 6.20 Å². The van der Waals surface area contributed by atoms with E-state index in [1.54, 1.807) is 0 Å². The van der Waals surface area contributed by atoms with Crippen LogP contribution in [0.15, 0.2) is 23.2 Å². The summed E-state index contributed by atoms with van der Waals surface area (Å²) in [5.74, 6) is -2.08. The lowest BCUT2D eigenvalue weighted by Crippen LogP contribution is -2.47. The van der Waals surface area contributed by atoms with Crippen molar-refractivity contribution in [3.05, 3.63) is 18.3 Å². The first-order valence-corrected chi connectivity index (χ1v) is 10.9. The molecule has 0 aromatic carbocycles. The zero-order valence-electron chi connectivity index (χ0n) is 16.0. The Bertz CT molecular complexity index is 836. The second-order valence-corrected chi connectivity index (χ2v) is 8.94. The molecule has 0 bridgehead atoms. The Morgan fingerprint density at radius 2 is 1.83 bits per heavy atom. The number of ether oxygens (including phenoxy) is 1. The van der Waals surface area contributed by atoms with Gasteiger partial charge < -0.3 is 20.2 Å². The van der Waals surface area contributed by atoms with Gasteiger partial charge in [0.25, 0.3) is 10.0 Å². The fourth-order valence-electron chi connectivity index (χ4n) is 3.37. The van der Waals surface area contributed by atoms with E-state index >= 15 is 0 Å². The number of aromatic nitrogens is 1. The van der Waals surface area contributed by atoms with E-state index in [-0.39, 0.29) is 28.2 Å². The molecule has 1 aromatic rings. The van der Waals surface area contributed by atoms with Crippen molar-refractivity contribution in [2.24, 2.45) is 5.73 Å². The van der Waals surface area contributed by atoms with Crippen molar-refractivity contribution < 1.29 is 36.0 Å². The molecule has 0 radical (unpaired) electrons. The van der Waals surface area contributed by atoms with Crippen LogP contribution < -0.4 is 10.6 Å². The molecule has 0 atom stereocenters. The van der Waals surface area contributed by atoms with E-state index in [4.69, 9.17) is 10.5 Å².